The minimum Gasteiger partial charge on any atom is -0.493 e. The molecule has 7 heteroatoms. The van der Waals surface area contributed by atoms with Crippen LogP contribution in [0, 0.1) is 12.7 Å². The van der Waals surface area contributed by atoms with E-state index < -0.39 is 5.97 Å². The first-order valence-corrected chi connectivity index (χ1v) is 10.5. The number of halogens is 1. The molecule has 0 saturated heterocycles. The molecule has 0 unspecified atom stereocenters. The molecule has 0 saturated carbocycles. The van der Waals surface area contributed by atoms with Crippen LogP contribution in [0.5, 0.6) is 5.75 Å². The summed E-state index contributed by atoms with van der Waals surface area (Å²) in [5.41, 5.74) is 4.51. The smallest absolute Gasteiger partial charge is 0.340 e. The van der Waals surface area contributed by atoms with Crippen LogP contribution < -0.4 is 15.0 Å². The second-order valence-electron chi connectivity index (χ2n) is 7.84. The Morgan fingerprint density at radius 2 is 2.03 bits per heavy atom. The second-order valence-corrected chi connectivity index (χ2v) is 7.84. The van der Waals surface area contributed by atoms with Crippen molar-refractivity contribution in [3.05, 3.63) is 77.4 Å². The number of rotatable bonds is 6. The van der Waals surface area contributed by atoms with Gasteiger partial charge in [-0.2, -0.15) is 0 Å². The van der Waals surface area contributed by atoms with Gasteiger partial charge in [-0.25, -0.2) is 9.18 Å². The molecular weight excluding hydrogens is 409 g/mol. The van der Waals surface area contributed by atoms with Crippen LogP contribution in [0.3, 0.4) is 0 Å². The van der Waals surface area contributed by atoms with Gasteiger partial charge in [-0.1, -0.05) is 12.1 Å². The number of nitrogens with zero attached hydrogens (tertiary/aromatic N) is 2. The van der Waals surface area contributed by atoms with Gasteiger partial charge in [-0.3, -0.25) is 4.98 Å². The third-order valence-electron chi connectivity index (χ3n) is 5.86. The number of benzene rings is 2. The topological polar surface area (TPSA) is 63.7 Å². The van der Waals surface area contributed by atoms with Crippen LogP contribution in [0.25, 0.3) is 0 Å². The van der Waals surface area contributed by atoms with Gasteiger partial charge in [0.1, 0.15) is 11.6 Å². The molecule has 0 fully saturated rings. The van der Waals surface area contributed by atoms with E-state index in [-0.39, 0.29) is 11.7 Å². The first-order chi connectivity index (χ1) is 15.5. The van der Waals surface area contributed by atoms with E-state index in [1.165, 1.54) is 13.2 Å². The largest absolute Gasteiger partial charge is 0.493 e. The fourth-order valence-corrected chi connectivity index (χ4v) is 3.87. The van der Waals surface area contributed by atoms with E-state index in [0.717, 1.165) is 29.1 Å². The lowest BCUT2D eigenvalue weighted by Crippen LogP contribution is -2.22. The fourth-order valence-electron chi connectivity index (χ4n) is 3.87. The molecule has 0 amide bonds. The lowest BCUT2D eigenvalue weighted by molar-refractivity contribution is 0.0601. The molecule has 0 radical (unpaired) electrons. The molecule has 1 atom stereocenters. The molecule has 1 aromatic heterocycles. The van der Waals surface area contributed by atoms with E-state index >= 15 is 0 Å². The van der Waals surface area contributed by atoms with Gasteiger partial charge < -0.3 is 19.7 Å². The summed E-state index contributed by atoms with van der Waals surface area (Å²) < 4.78 is 24.8. The van der Waals surface area contributed by atoms with E-state index in [1.807, 2.05) is 30.1 Å². The van der Waals surface area contributed by atoms with Gasteiger partial charge in [0, 0.05) is 43.1 Å². The predicted molar refractivity (Wildman–Crippen MR) is 123 cm³/mol. The Balaban J connectivity index is 1.52. The third kappa shape index (κ3) is 4.37. The summed E-state index contributed by atoms with van der Waals surface area (Å²) in [4.78, 5) is 18.1. The molecule has 1 N–H and O–H groups in total. The van der Waals surface area contributed by atoms with E-state index in [9.17, 15) is 9.18 Å². The number of esters is 1. The fraction of sp³-hybridized carbons (Fsp3) is 0.280. The zero-order chi connectivity index (χ0) is 22.7. The molecule has 4 rings (SSSR count). The van der Waals surface area contributed by atoms with Crippen molar-refractivity contribution in [2.45, 2.75) is 19.3 Å². The summed E-state index contributed by atoms with van der Waals surface area (Å²) in [5.74, 6) is 0.402. The maximum absolute atomic E-state index is 14.0. The Morgan fingerprint density at radius 3 is 2.81 bits per heavy atom. The maximum atomic E-state index is 14.0. The van der Waals surface area contributed by atoms with E-state index in [2.05, 4.69) is 16.4 Å². The van der Waals surface area contributed by atoms with Crippen molar-refractivity contribution in [1.82, 2.24) is 4.98 Å². The molecule has 2 heterocycles. The van der Waals surface area contributed by atoms with Crippen molar-refractivity contribution in [2.24, 2.45) is 0 Å². The number of carbonyl (C=O) groups is 1. The maximum Gasteiger partial charge on any atom is 0.340 e. The lowest BCUT2D eigenvalue weighted by Gasteiger charge is -2.28. The Labute approximate surface area is 187 Å². The molecule has 0 spiro atoms. The van der Waals surface area contributed by atoms with Crippen LogP contribution in [-0.4, -0.2) is 38.3 Å². The SMILES string of the molecule is COC(=O)c1ccncc1NC[C@@H]1CCOc2cc(N(C)c3ccc(C)c(F)c3)ccc21. The molecule has 1 aliphatic heterocycles. The summed E-state index contributed by atoms with van der Waals surface area (Å²) in [5, 5.41) is 3.34. The minimum absolute atomic E-state index is 0.209. The number of carbonyl (C=O) groups excluding carboxylic acids is 1. The third-order valence-corrected chi connectivity index (χ3v) is 5.86. The normalized spacial score (nSPS) is 14.8. The van der Waals surface area contributed by atoms with Gasteiger partial charge >= 0.3 is 5.97 Å². The summed E-state index contributed by atoms with van der Waals surface area (Å²) >= 11 is 0. The molecule has 3 aromatic rings. The Morgan fingerprint density at radius 1 is 1.25 bits per heavy atom. The Kier molecular flexibility index (Phi) is 6.25. The average molecular weight is 435 g/mol. The van der Waals surface area contributed by atoms with Crippen molar-refractivity contribution < 1.29 is 18.7 Å². The first-order valence-electron chi connectivity index (χ1n) is 10.5. The van der Waals surface area contributed by atoms with Crippen LogP contribution in [0.1, 0.15) is 33.8 Å². The highest BCUT2D eigenvalue weighted by molar-refractivity contribution is 5.95. The van der Waals surface area contributed by atoms with Crippen molar-refractivity contribution in [3.8, 4) is 5.75 Å². The molecule has 6 nitrogen and oxygen atoms in total. The highest BCUT2D eigenvalue weighted by Gasteiger charge is 2.23. The number of aromatic nitrogens is 1. The van der Waals surface area contributed by atoms with Gasteiger partial charge in [0.2, 0.25) is 0 Å². The Hall–Kier alpha value is -3.61. The number of methoxy groups -OCH3 is 1. The second kappa shape index (κ2) is 9.26. The first kappa shape index (κ1) is 21.6. The number of nitrogens with one attached hydrogen (secondary N) is 1. The monoisotopic (exact) mass is 435 g/mol. The molecule has 166 valence electrons. The molecule has 0 bridgehead atoms. The zero-order valence-corrected chi connectivity index (χ0v) is 18.4. The van der Waals surface area contributed by atoms with Crippen LogP contribution in [0.4, 0.5) is 21.5 Å². The van der Waals surface area contributed by atoms with Crippen molar-refractivity contribution in [1.29, 1.82) is 0 Å². The summed E-state index contributed by atoms with van der Waals surface area (Å²) in [6, 6.07) is 12.9. The number of pyridine rings is 1. The van der Waals surface area contributed by atoms with Crippen molar-refractivity contribution >= 4 is 23.0 Å². The molecule has 0 aliphatic carbocycles. The quantitative estimate of drug-likeness (QED) is 0.546. The highest BCUT2D eigenvalue weighted by atomic mass is 19.1. The summed E-state index contributed by atoms with van der Waals surface area (Å²) in [6.45, 7) is 2.98. The number of hydrogen-bond acceptors (Lipinski definition) is 6. The zero-order valence-electron chi connectivity index (χ0n) is 18.4. The van der Waals surface area contributed by atoms with Gasteiger partial charge in [0.15, 0.2) is 0 Å². The number of ether oxygens (including phenoxy) is 2. The number of anilines is 3. The Bertz CT molecular complexity index is 1140. The van der Waals surface area contributed by atoms with E-state index in [4.69, 9.17) is 9.47 Å². The average Bonchev–Trinajstić information content (AvgIpc) is 2.83. The number of aryl methyl sites for hydroxylation is 1. The minimum atomic E-state index is -0.400. The van der Waals surface area contributed by atoms with Gasteiger partial charge in [0.25, 0.3) is 0 Å². The van der Waals surface area contributed by atoms with Crippen LogP contribution in [-0.2, 0) is 4.74 Å². The van der Waals surface area contributed by atoms with Gasteiger partial charge in [0.05, 0.1) is 31.2 Å². The van der Waals surface area contributed by atoms with Crippen LogP contribution in [0.15, 0.2) is 54.9 Å². The van der Waals surface area contributed by atoms with Gasteiger partial charge in [-0.05, 0) is 48.7 Å². The summed E-state index contributed by atoms with van der Waals surface area (Å²) in [7, 11) is 3.27. The van der Waals surface area contributed by atoms with E-state index in [0.29, 0.717) is 30.0 Å². The number of fused-ring (bicyclic) bond motifs is 1. The highest BCUT2D eigenvalue weighted by Crippen LogP contribution is 2.38. The molecule has 2 aromatic carbocycles. The van der Waals surface area contributed by atoms with Crippen LogP contribution in [0.2, 0.25) is 0 Å². The van der Waals surface area contributed by atoms with Gasteiger partial charge in [-0.15, -0.1) is 0 Å². The van der Waals surface area contributed by atoms with Crippen molar-refractivity contribution in [3.63, 3.8) is 0 Å². The lowest BCUT2D eigenvalue weighted by atomic mass is 9.92. The summed E-state index contributed by atoms with van der Waals surface area (Å²) in [6.07, 6.45) is 4.05. The van der Waals surface area contributed by atoms with E-state index in [1.54, 1.807) is 31.5 Å². The molecule has 32 heavy (non-hydrogen) atoms. The standard InChI is InChI=1S/C25H26FN3O3/c1-16-4-5-18(12-22(16)26)29(2)19-6-7-20-17(9-11-32-24(20)13-19)14-28-23-15-27-10-8-21(23)25(30)31-3/h4-8,10,12-13,15,17,28H,9,11,14H2,1-3H3/t17-/m0/s1. The molecule has 1 aliphatic rings. The van der Waals surface area contributed by atoms with Crippen molar-refractivity contribution in [2.75, 3.05) is 37.5 Å². The van der Waals surface area contributed by atoms with Crippen LogP contribution >= 0.6 is 0 Å². The molecular formula is C25H26FN3O3. The number of hydrogen-bond donors (Lipinski definition) is 1. The predicted octanol–water partition coefficient (Wildman–Crippen LogP) is 5.06.